The molecule has 1 unspecified atom stereocenters. The van der Waals surface area contributed by atoms with Gasteiger partial charge in [0.1, 0.15) is 9.71 Å². The number of thiophene rings is 1. The summed E-state index contributed by atoms with van der Waals surface area (Å²) in [5.41, 5.74) is 8.67. The third-order valence-electron chi connectivity index (χ3n) is 4.36. The van der Waals surface area contributed by atoms with E-state index in [4.69, 9.17) is 5.73 Å². The maximum Gasteiger partial charge on any atom is 0.266 e. The number of nitrogens with two attached hydrogens (primary N) is 1. The van der Waals surface area contributed by atoms with Crippen molar-refractivity contribution >= 4 is 33.1 Å². The topological polar surface area (TPSA) is 84.1 Å². The van der Waals surface area contributed by atoms with Gasteiger partial charge in [-0.25, -0.2) is 0 Å². The molecule has 0 aromatic carbocycles. The van der Waals surface area contributed by atoms with Crippen molar-refractivity contribution in [3.8, 4) is 0 Å². The van der Waals surface area contributed by atoms with E-state index in [9.17, 15) is 4.79 Å². The molecule has 0 spiro atoms. The number of carbonyl (C=O) groups excluding carboxylic acids is 1. The first-order valence-electron chi connectivity index (χ1n) is 7.57. The smallest absolute Gasteiger partial charge is 0.266 e. The molecule has 1 amide bonds. The van der Waals surface area contributed by atoms with E-state index < -0.39 is 0 Å². The van der Waals surface area contributed by atoms with Crippen LogP contribution in [0.15, 0.2) is 0 Å². The Morgan fingerprint density at radius 1 is 1.45 bits per heavy atom. The highest BCUT2D eigenvalue weighted by Crippen LogP contribution is 2.35. The minimum atomic E-state index is 0.0116. The number of anilines is 1. The van der Waals surface area contributed by atoms with Crippen LogP contribution in [0.25, 0.3) is 10.2 Å². The number of fused-ring (bicyclic) bond motifs is 1. The summed E-state index contributed by atoms with van der Waals surface area (Å²) in [6, 6.07) is 0.358. The molecular formula is C15H21N5OS. The lowest BCUT2D eigenvalue weighted by molar-refractivity contribution is 0.0707. The van der Waals surface area contributed by atoms with Crippen LogP contribution in [0.4, 0.5) is 5.69 Å². The number of nitrogens with one attached hydrogen (secondary N) is 1. The molecule has 0 radical (unpaired) electrons. The van der Waals surface area contributed by atoms with Gasteiger partial charge in [-0.3, -0.25) is 4.79 Å². The van der Waals surface area contributed by atoms with Crippen LogP contribution < -0.4 is 11.1 Å². The van der Waals surface area contributed by atoms with Crippen LogP contribution in [0.5, 0.6) is 0 Å². The fraction of sp³-hybridized carbons (Fsp3) is 0.533. The summed E-state index contributed by atoms with van der Waals surface area (Å²) < 4.78 is 0. The molecule has 3 heterocycles. The van der Waals surface area contributed by atoms with Gasteiger partial charge >= 0.3 is 0 Å². The molecule has 2 aromatic heterocycles. The van der Waals surface area contributed by atoms with Gasteiger partial charge in [-0.15, -0.1) is 16.4 Å². The lowest BCUT2D eigenvalue weighted by Crippen LogP contribution is -2.52. The van der Waals surface area contributed by atoms with Gasteiger partial charge in [-0.1, -0.05) is 6.92 Å². The molecule has 0 saturated carbocycles. The summed E-state index contributed by atoms with van der Waals surface area (Å²) in [5.74, 6) is 0.0116. The summed E-state index contributed by atoms with van der Waals surface area (Å²) in [5, 5.41) is 12.6. The number of carbonyl (C=O) groups is 1. The van der Waals surface area contributed by atoms with Gasteiger partial charge in [-0.05, 0) is 25.8 Å². The molecule has 3 N–H and O–H groups in total. The maximum absolute atomic E-state index is 12.8. The van der Waals surface area contributed by atoms with E-state index in [1.54, 1.807) is 0 Å². The van der Waals surface area contributed by atoms with Crippen molar-refractivity contribution < 1.29 is 4.79 Å². The van der Waals surface area contributed by atoms with E-state index >= 15 is 0 Å². The lowest BCUT2D eigenvalue weighted by Gasteiger charge is -2.33. The third kappa shape index (κ3) is 2.44. The lowest BCUT2D eigenvalue weighted by atomic mass is 10.1. The average Bonchev–Trinajstić information content (AvgIpc) is 2.88. The van der Waals surface area contributed by atoms with Crippen molar-refractivity contribution in [1.82, 2.24) is 20.4 Å². The molecule has 1 atom stereocenters. The molecule has 1 aliphatic heterocycles. The predicted molar refractivity (Wildman–Crippen MR) is 89.3 cm³/mol. The van der Waals surface area contributed by atoms with Crippen LogP contribution in [0.3, 0.4) is 0 Å². The molecule has 1 fully saturated rings. The standard InChI is InChI=1S/C15H21N5OS/c1-4-10-7-20(6-5-17-10)15(21)13-12(16)11-8(2)9(3)18-19-14(11)22-13/h10,17H,4-7,16H2,1-3H3. The summed E-state index contributed by atoms with van der Waals surface area (Å²) in [7, 11) is 0. The highest BCUT2D eigenvalue weighted by atomic mass is 32.1. The number of hydrogen-bond acceptors (Lipinski definition) is 6. The minimum Gasteiger partial charge on any atom is -0.397 e. The molecule has 3 rings (SSSR count). The van der Waals surface area contributed by atoms with Crippen LogP contribution in [-0.4, -0.2) is 46.7 Å². The molecule has 6 nitrogen and oxygen atoms in total. The molecule has 22 heavy (non-hydrogen) atoms. The second-order valence-corrected chi connectivity index (χ2v) is 6.74. The van der Waals surface area contributed by atoms with Crippen LogP contribution in [0, 0.1) is 13.8 Å². The number of aromatic nitrogens is 2. The number of amides is 1. The predicted octanol–water partition coefficient (Wildman–Crippen LogP) is 1.71. The summed E-state index contributed by atoms with van der Waals surface area (Å²) in [6.45, 7) is 8.28. The molecule has 2 aromatic rings. The minimum absolute atomic E-state index is 0.0116. The molecule has 1 aliphatic rings. The first-order valence-corrected chi connectivity index (χ1v) is 8.39. The highest BCUT2D eigenvalue weighted by Gasteiger charge is 2.27. The van der Waals surface area contributed by atoms with E-state index in [1.165, 1.54) is 11.3 Å². The van der Waals surface area contributed by atoms with Gasteiger partial charge in [0.2, 0.25) is 0 Å². The molecular weight excluding hydrogens is 298 g/mol. The van der Waals surface area contributed by atoms with Gasteiger partial charge in [0.25, 0.3) is 5.91 Å². The molecule has 7 heteroatoms. The molecule has 0 bridgehead atoms. The first-order chi connectivity index (χ1) is 10.5. The van der Waals surface area contributed by atoms with Gasteiger partial charge in [-0.2, -0.15) is 5.10 Å². The fourth-order valence-corrected chi connectivity index (χ4v) is 3.89. The van der Waals surface area contributed by atoms with Crippen LogP contribution in [-0.2, 0) is 0 Å². The molecule has 118 valence electrons. The zero-order valence-corrected chi connectivity index (χ0v) is 14.0. The molecule has 1 saturated heterocycles. The number of nitrogen functional groups attached to an aromatic ring is 1. The SMILES string of the molecule is CCC1CN(C(=O)c2sc3nnc(C)c(C)c3c2N)CCN1. The van der Waals surface area contributed by atoms with Crippen molar-refractivity contribution in [2.75, 3.05) is 25.4 Å². The normalized spacial score (nSPS) is 18.9. The quantitative estimate of drug-likeness (QED) is 0.880. The van der Waals surface area contributed by atoms with Crippen LogP contribution >= 0.6 is 11.3 Å². The Labute approximate surface area is 133 Å². The van der Waals surface area contributed by atoms with Crippen LogP contribution in [0.1, 0.15) is 34.3 Å². The molecule has 0 aliphatic carbocycles. The number of aryl methyl sites for hydroxylation is 2. The van der Waals surface area contributed by atoms with Gasteiger partial charge < -0.3 is 16.0 Å². The van der Waals surface area contributed by atoms with E-state index in [2.05, 4.69) is 22.4 Å². The van der Waals surface area contributed by atoms with Gasteiger partial charge in [0, 0.05) is 31.1 Å². The van der Waals surface area contributed by atoms with Crippen molar-refractivity contribution in [3.05, 3.63) is 16.1 Å². The Hall–Kier alpha value is -1.73. The second kappa shape index (κ2) is 5.81. The van der Waals surface area contributed by atoms with Crippen molar-refractivity contribution in [3.63, 3.8) is 0 Å². The first kappa shape index (κ1) is 15.2. The number of nitrogens with zero attached hydrogens (tertiary/aromatic N) is 3. The summed E-state index contributed by atoms with van der Waals surface area (Å²) in [6.07, 6.45) is 1.01. The van der Waals surface area contributed by atoms with Gasteiger partial charge in [0.05, 0.1) is 11.4 Å². The fourth-order valence-electron chi connectivity index (χ4n) is 2.83. The van der Waals surface area contributed by atoms with Gasteiger partial charge in [0.15, 0.2) is 0 Å². The largest absolute Gasteiger partial charge is 0.397 e. The monoisotopic (exact) mass is 319 g/mol. The van der Waals surface area contributed by atoms with Crippen molar-refractivity contribution in [2.24, 2.45) is 0 Å². The second-order valence-electron chi connectivity index (χ2n) is 5.75. The van der Waals surface area contributed by atoms with Crippen molar-refractivity contribution in [2.45, 2.75) is 33.2 Å². The average molecular weight is 319 g/mol. The third-order valence-corrected chi connectivity index (χ3v) is 5.44. The van der Waals surface area contributed by atoms with E-state index in [0.29, 0.717) is 23.2 Å². The Morgan fingerprint density at radius 2 is 2.23 bits per heavy atom. The Balaban J connectivity index is 1.98. The van der Waals surface area contributed by atoms with E-state index in [0.717, 1.165) is 41.0 Å². The van der Waals surface area contributed by atoms with Crippen molar-refractivity contribution in [1.29, 1.82) is 0 Å². The Kier molecular flexibility index (Phi) is 4.01. The Morgan fingerprint density at radius 3 is 2.95 bits per heavy atom. The van der Waals surface area contributed by atoms with Crippen LogP contribution in [0.2, 0.25) is 0 Å². The highest BCUT2D eigenvalue weighted by molar-refractivity contribution is 7.21. The number of hydrogen-bond donors (Lipinski definition) is 2. The van der Waals surface area contributed by atoms with E-state index in [1.807, 2.05) is 18.7 Å². The number of piperazine rings is 1. The Bertz CT molecular complexity index is 726. The summed E-state index contributed by atoms with van der Waals surface area (Å²) in [4.78, 5) is 16.1. The maximum atomic E-state index is 12.8. The van der Waals surface area contributed by atoms with E-state index in [-0.39, 0.29) is 5.91 Å². The zero-order chi connectivity index (χ0) is 15.9. The zero-order valence-electron chi connectivity index (χ0n) is 13.1. The summed E-state index contributed by atoms with van der Waals surface area (Å²) >= 11 is 1.35. The number of rotatable bonds is 2.